The number of nitrogens with zero attached hydrogens (tertiary/aromatic N) is 2. The van der Waals surface area contributed by atoms with Gasteiger partial charge >= 0.3 is 0 Å². The first-order valence-corrected chi connectivity index (χ1v) is 7.42. The average molecular weight is 321 g/mol. The average Bonchev–Trinajstić information content (AvgIpc) is 2.83. The van der Waals surface area contributed by atoms with Gasteiger partial charge < -0.3 is 9.30 Å². The number of aromatic nitrogens is 2. The van der Waals surface area contributed by atoms with Crippen molar-refractivity contribution in [1.82, 2.24) is 9.55 Å². The Morgan fingerprint density at radius 1 is 1.32 bits per heavy atom. The van der Waals surface area contributed by atoms with E-state index in [0.29, 0.717) is 0 Å². The van der Waals surface area contributed by atoms with Crippen LogP contribution in [0.5, 0.6) is 5.75 Å². The molecule has 1 aliphatic rings. The first kappa shape index (κ1) is 12.7. The highest BCUT2D eigenvalue weighted by Gasteiger charge is 2.15. The predicted molar refractivity (Wildman–Crippen MR) is 78.7 cm³/mol. The molecule has 1 heterocycles. The normalized spacial score (nSPS) is 14.2. The molecular formula is C15H17BrN2O. The molecule has 0 amide bonds. The van der Waals surface area contributed by atoms with Gasteiger partial charge in [-0.1, -0.05) is 6.07 Å². The topological polar surface area (TPSA) is 27.1 Å². The van der Waals surface area contributed by atoms with Crippen LogP contribution in [0.4, 0.5) is 0 Å². The third-order valence-electron chi connectivity index (χ3n) is 3.68. The van der Waals surface area contributed by atoms with Crippen LogP contribution in [0.2, 0.25) is 0 Å². The van der Waals surface area contributed by atoms with Crippen molar-refractivity contribution in [3.63, 3.8) is 0 Å². The molecule has 1 aromatic heterocycles. The van der Waals surface area contributed by atoms with Crippen LogP contribution in [-0.4, -0.2) is 16.7 Å². The van der Waals surface area contributed by atoms with Crippen molar-refractivity contribution in [1.29, 1.82) is 0 Å². The number of ether oxygens (including phenoxy) is 1. The molecule has 19 heavy (non-hydrogen) atoms. The first-order chi connectivity index (χ1) is 9.28. The number of aryl methyl sites for hydroxylation is 1. The van der Waals surface area contributed by atoms with E-state index in [9.17, 15) is 0 Å². The second kappa shape index (κ2) is 5.37. The summed E-state index contributed by atoms with van der Waals surface area (Å²) in [6.07, 6.45) is 6.83. The van der Waals surface area contributed by atoms with Gasteiger partial charge in [-0.3, -0.25) is 0 Å². The van der Waals surface area contributed by atoms with E-state index in [0.717, 1.165) is 29.6 Å². The second-order valence-electron chi connectivity index (χ2n) is 4.94. The van der Waals surface area contributed by atoms with Crippen molar-refractivity contribution in [2.45, 2.75) is 32.2 Å². The molecule has 0 spiro atoms. The van der Waals surface area contributed by atoms with Crippen LogP contribution in [0.1, 0.15) is 29.8 Å². The van der Waals surface area contributed by atoms with Crippen LogP contribution < -0.4 is 4.74 Å². The molecule has 100 valence electrons. The summed E-state index contributed by atoms with van der Waals surface area (Å²) in [6.45, 7) is 0.880. The minimum absolute atomic E-state index is 0.872. The van der Waals surface area contributed by atoms with Gasteiger partial charge in [0.25, 0.3) is 0 Å². The maximum Gasteiger partial charge on any atom is 0.133 e. The van der Waals surface area contributed by atoms with Gasteiger partial charge in [0.1, 0.15) is 5.75 Å². The highest BCUT2D eigenvalue weighted by atomic mass is 79.9. The smallest absolute Gasteiger partial charge is 0.133 e. The van der Waals surface area contributed by atoms with Crippen LogP contribution in [-0.2, 0) is 19.4 Å². The minimum Gasteiger partial charge on any atom is -0.496 e. The highest BCUT2D eigenvalue weighted by Crippen LogP contribution is 2.27. The molecule has 0 radical (unpaired) electrons. The summed E-state index contributed by atoms with van der Waals surface area (Å²) in [4.78, 5) is 4.54. The molecule has 0 bridgehead atoms. The molecule has 0 aliphatic heterocycles. The molecule has 3 rings (SSSR count). The number of hydrogen-bond donors (Lipinski definition) is 0. The minimum atomic E-state index is 0.872. The van der Waals surface area contributed by atoms with Crippen LogP contribution in [0, 0.1) is 0 Å². The van der Waals surface area contributed by atoms with E-state index >= 15 is 0 Å². The standard InChI is InChI=1S/C15H17BrN2O/c1-19-15-7-6-11(8-12(15)16)9-18-10-17-13-4-2-3-5-14(13)18/h6-8,10H,2-5,9H2,1H3. The molecule has 0 saturated carbocycles. The summed E-state index contributed by atoms with van der Waals surface area (Å²) in [5.41, 5.74) is 3.97. The molecule has 1 aliphatic carbocycles. The van der Waals surface area contributed by atoms with E-state index in [4.69, 9.17) is 4.74 Å². The van der Waals surface area contributed by atoms with E-state index in [1.807, 2.05) is 12.4 Å². The van der Waals surface area contributed by atoms with Crippen molar-refractivity contribution in [2.24, 2.45) is 0 Å². The maximum absolute atomic E-state index is 5.26. The molecular weight excluding hydrogens is 304 g/mol. The zero-order chi connectivity index (χ0) is 13.2. The fraction of sp³-hybridized carbons (Fsp3) is 0.400. The van der Waals surface area contributed by atoms with E-state index in [2.05, 4.69) is 37.6 Å². The predicted octanol–water partition coefficient (Wildman–Crippen LogP) is 3.58. The lowest BCUT2D eigenvalue weighted by atomic mass is 10.0. The fourth-order valence-electron chi connectivity index (χ4n) is 2.67. The van der Waals surface area contributed by atoms with Gasteiger partial charge in [0, 0.05) is 12.2 Å². The summed E-state index contributed by atoms with van der Waals surface area (Å²) < 4.78 is 8.54. The molecule has 0 unspecified atom stereocenters. The molecule has 0 atom stereocenters. The van der Waals surface area contributed by atoms with E-state index in [-0.39, 0.29) is 0 Å². The van der Waals surface area contributed by atoms with Gasteiger partial charge in [0.2, 0.25) is 0 Å². The van der Waals surface area contributed by atoms with Gasteiger partial charge in [-0.05, 0) is 59.3 Å². The van der Waals surface area contributed by atoms with Gasteiger partial charge in [-0.25, -0.2) is 4.98 Å². The number of fused-ring (bicyclic) bond motifs is 1. The summed E-state index contributed by atoms with van der Waals surface area (Å²) in [6, 6.07) is 6.23. The fourth-order valence-corrected chi connectivity index (χ4v) is 3.26. The van der Waals surface area contributed by atoms with Crippen LogP contribution >= 0.6 is 15.9 Å². The van der Waals surface area contributed by atoms with Crippen molar-refractivity contribution < 1.29 is 4.74 Å². The van der Waals surface area contributed by atoms with Gasteiger partial charge in [0.05, 0.1) is 23.6 Å². The SMILES string of the molecule is COc1ccc(Cn2cnc3c2CCCC3)cc1Br. The lowest BCUT2D eigenvalue weighted by Gasteiger charge is -2.14. The molecule has 0 saturated heterocycles. The Kier molecular flexibility index (Phi) is 3.60. The Labute approximate surface area is 121 Å². The van der Waals surface area contributed by atoms with Crippen LogP contribution in [0.3, 0.4) is 0 Å². The lowest BCUT2D eigenvalue weighted by Crippen LogP contribution is -2.09. The van der Waals surface area contributed by atoms with Crippen molar-refractivity contribution in [2.75, 3.05) is 7.11 Å². The Morgan fingerprint density at radius 3 is 2.95 bits per heavy atom. The summed E-state index contributed by atoms with van der Waals surface area (Å²) in [5.74, 6) is 0.872. The number of halogens is 1. The largest absolute Gasteiger partial charge is 0.496 e. The molecule has 4 heteroatoms. The van der Waals surface area contributed by atoms with Crippen LogP contribution in [0.25, 0.3) is 0 Å². The van der Waals surface area contributed by atoms with Gasteiger partial charge in [-0.2, -0.15) is 0 Å². The molecule has 3 nitrogen and oxygen atoms in total. The zero-order valence-electron chi connectivity index (χ0n) is 11.0. The Hall–Kier alpha value is -1.29. The quantitative estimate of drug-likeness (QED) is 0.864. The van der Waals surface area contributed by atoms with E-state index in [1.165, 1.54) is 29.8 Å². The molecule has 0 N–H and O–H groups in total. The first-order valence-electron chi connectivity index (χ1n) is 6.63. The third-order valence-corrected chi connectivity index (χ3v) is 4.30. The monoisotopic (exact) mass is 320 g/mol. The zero-order valence-corrected chi connectivity index (χ0v) is 12.6. The summed E-state index contributed by atoms with van der Waals surface area (Å²) >= 11 is 3.54. The Bertz CT molecular complexity index is 592. The Morgan fingerprint density at radius 2 is 2.16 bits per heavy atom. The number of benzene rings is 1. The highest BCUT2D eigenvalue weighted by molar-refractivity contribution is 9.10. The molecule has 2 aromatic rings. The van der Waals surface area contributed by atoms with Crippen molar-refractivity contribution in [3.05, 3.63) is 46.0 Å². The Balaban J connectivity index is 1.85. The van der Waals surface area contributed by atoms with Crippen LogP contribution in [0.15, 0.2) is 29.0 Å². The van der Waals surface area contributed by atoms with Crippen molar-refractivity contribution in [3.8, 4) is 5.75 Å². The number of rotatable bonds is 3. The summed E-state index contributed by atoms with van der Waals surface area (Å²) in [5, 5.41) is 0. The van der Waals surface area contributed by atoms with E-state index < -0.39 is 0 Å². The number of hydrogen-bond acceptors (Lipinski definition) is 2. The maximum atomic E-state index is 5.26. The summed E-state index contributed by atoms with van der Waals surface area (Å²) in [7, 11) is 1.69. The molecule has 0 fully saturated rings. The van der Waals surface area contributed by atoms with Gasteiger partial charge in [-0.15, -0.1) is 0 Å². The van der Waals surface area contributed by atoms with Crippen molar-refractivity contribution >= 4 is 15.9 Å². The van der Waals surface area contributed by atoms with E-state index in [1.54, 1.807) is 7.11 Å². The lowest BCUT2D eigenvalue weighted by molar-refractivity contribution is 0.412. The number of methoxy groups -OCH3 is 1. The van der Waals surface area contributed by atoms with Gasteiger partial charge in [0.15, 0.2) is 0 Å². The second-order valence-corrected chi connectivity index (χ2v) is 5.80. The third kappa shape index (κ3) is 2.54. The number of imidazole rings is 1. The molecule has 1 aromatic carbocycles.